The normalized spacial score (nSPS) is 18.7. The van der Waals surface area contributed by atoms with Crippen LogP contribution < -0.4 is 10.5 Å². The number of benzene rings is 2. The quantitative estimate of drug-likeness (QED) is 0.933. The van der Waals surface area contributed by atoms with Gasteiger partial charge in [-0.05, 0) is 36.1 Å². The molecule has 2 aromatic rings. The summed E-state index contributed by atoms with van der Waals surface area (Å²) in [5, 5.41) is 0.145. The predicted octanol–water partition coefficient (Wildman–Crippen LogP) is 3.92. The molecule has 2 unspecified atom stereocenters. The number of para-hydroxylation sites is 1. The van der Waals surface area contributed by atoms with Crippen LogP contribution in [-0.4, -0.2) is 12.6 Å². The highest BCUT2D eigenvalue weighted by Gasteiger charge is 2.27. The standard InChI is InChI=1S/C17H17ClFNO/c18-14-6-3-4-11(17(14)19)10-15(20)12-8-9-21-16-7-2-1-5-13(12)16/h1-7,12,15H,8-10,20H2. The van der Waals surface area contributed by atoms with Gasteiger partial charge in [-0.25, -0.2) is 4.39 Å². The zero-order valence-corrected chi connectivity index (χ0v) is 12.3. The summed E-state index contributed by atoms with van der Waals surface area (Å²) in [7, 11) is 0. The minimum atomic E-state index is -0.366. The Bertz CT molecular complexity index is 646. The molecule has 0 radical (unpaired) electrons. The summed E-state index contributed by atoms with van der Waals surface area (Å²) >= 11 is 5.83. The van der Waals surface area contributed by atoms with Crippen molar-refractivity contribution in [1.29, 1.82) is 0 Å². The maximum atomic E-state index is 14.0. The van der Waals surface area contributed by atoms with Crippen LogP contribution in [0.5, 0.6) is 5.75 Å². The van der Waals surface area contributed by atoms with Crippen LogP contribution in [0.2, 0.25) is 5.02 Å². The van der Waals surface area contributed by atoms with Gasteiger partial charge in [-0.2, -0.15) is 0 Å². The third-order valence-electron chi connectivity index (χ3n) is 4.01. The van der Waals surface area contributed by atoms with E-state index in [1.165, 1.54) is 0 Å². The summed E-state index contributed by atoms with van der Waals surface area (Å²) in [5.74, 6) is 0.694. The van der Waals surface area contributed by atoms with Crippen LogP contribution >= 0.6 is 11.6 Å². The van der Waals surface area contributed by atoms with Crippen LogP contribution in [0.3, 0.4) is 0 Å². The molecule has 4 heteroatoms. The predicted molar refractivity (Wildman–Crippen MR) is 82.4 cm³/mol. The molecule has 1 heterocycles. The summed E-state index contributed by atoms with van der Waals surface area (Å²) in [4.78, 5) is 0. The van der Waals surface area contributed by atoms with Crippen LogP contribution in [0.15, 0.2) is 42.5 Å². The van der Waals surface area contributed by atoms with Crippen LogP contribution in [0.4, 0.5) is 4.39 Å². The second kappa shape index (κ2) is 6.04. The molecule has 0 aliphatic carbocycles. The fourth-order valence-electron chi connectivity index (χ4n) is 2.92. The summed E-state index contributed by atoms with van der Waals surface area (Å²) in [6, 6.07) is 12.8. The first-order chi connectivity index (χ1) is 10.2. The molecule has 2 atom stereocenters. The molecule has 0 bridgehead atoms. The van der Waals surface area contributed by atoms with E-state index in [1.807, 2.05) is 24.3 Å². The molecule has 0 saturated carbocycles. The maximum Gasteiger partial charge on any atom is 0.145 e. The van der Waals surface area contributed by atoms with Crippen molar-refractivity contribution in [2.24, 2.45) is 5.73 Å². The molecule has 2 aromatic carbocycles. The molecule has 1 aliphatic rings. The first-order valence-electron chi connectivity index (χ1n) is 7.07. The van der Waals surface area contributed by atoms with E-state index in [2.05, 4.69) is 0 Å². The van der Waals surface area contributed by atoms with E-state index in [4.69, 9.17) is 22.1 Å². The first kappa shape index (κ1) is 14.4. The highest BCUT2D eigenvalue weighted by Crippen LogP contribution is 2.36. The molecule has 1 aliphatic heterocycles. The number of nitrogens with two attached hydrogens (primary N) is 1. The number of fused-ring (bicyclic) bond motifs is 1. The van der Waals surface area contributed by atoms with Crippen molar-refractivity contribution >= 4 is 11.6 Å². The molecule has 0 saturated heterocycles. The van der Waals surface area contributed by atoms with E-state index >= 15 is 0 Å². The average molecular weight is 306 g/mol. The minimum Gasteiger partial charge on any atom is -0.493 e. The lowest BCUT2D eigenvalue weighted by Crippen LogP contribution is -2.34. The third kappa shape index (κ3) is 2.89. The van der Waals surface area contributed by atoms with E-state index in [0.29, 0.717) is 18.6 Å². The van der Waals surface area contributed by atoms with Crippen LogP contribution in [0, 0.1) is 5.82 Å². The van der Waals surface area contributed by atoms with Crippen molar-refractivity contribution in [1.82, 2.24) is 0 Å². The number of ether oxygens (including phenoxy) is 1. The van der Waals surface area contributed by atoms with Gasteiger partial charge < -0.3 is 10.5 Å². The molecule has 0 spiro atoms. The summed E-state index contributed by atoms with van der Waals surface area (Å²) in [6.07, 6.45) is 1.31. The second-order valence-electron chi connectivity index (χ2n) is 5.36. The molecule has 110 valence electrons. The van der Waals surface area contributed by atoms with Gasteiger partial charge >= 0.3 is 0 Å². The van der Waals surface area contributed by atoms with Crippen LogP contribution in [0.1, 0.15) is 23.5 Å². The smallest absolute Gasteiger partial charge is 0.145 e. The van der Waals surface area contributed by atoms with Gasteiger partial charge in [0.2, 0.25) is 0 Å². The Balaban J connectivity index is 1.83. The van der Waals surface area contributed by atoms with Crippen molar-refractivity contribution in [2.75, 3.05) is 6.61 Å². The zero-order valence-electron chi connectivity index (χ0n) is 11.6. The van der Waals surface area contributed by atoms with E-state index in [1.54, 1.807) is 18.2 Å². The maximum absolute atomic E-state index is 14.0. The second-order valence-corrected chi connectivity index (χ2v) is 5.77. The Labute approximate surface area is 128 Å². The van der Waals surface area contributed by atoms with Gasteiger partial charge in [0.05, 0.1) is 11.6 Å². The van der Waals surface area contributed by atoms with Crippen LogP contribution in [0.25, 0.3) is 0 Å². The monoisotopic (exact) mass is 305 g/mol. The van der Waals surface area contributed by atoms with Gasteiger partial charge in [-0.3, -0.25) is 0 Å². The zero-order chi connectivity index (χ0) is 14.8. The topological polar surface area (TPSA) is 35.2 Å². The molecule has 3 rings (SSSR count). The lowest BCUT2D eigenvalue weighted by atomic mass is 9.84. The largest absolute Gasteiger partial charge is 0.493 e. The van der Waals surface area contributed by atoms with Gasteiger partial charge in [0.15, 0.2) is 0 Å². The summed E-state index contributed by atoms with van der Waals surface area (Å²) in [6.45, 7) is 0.646. The number of hydrogen-bond donors (Lipinski definition) is 1. The minimum absolute atomic E-state index is 0.145. The Hall–Kier alpha value is -1.58. The van der Waals surface area contributed by atoms with Crippen molar-refractivity contribution in [2.45, 2.75) is 24.8 Å². The van der Waals surface area contributed by atoms with Gasteiger partial charge in [-0.15, -0.1) is 0 Å². The van der Waals surface area contributed by atoms with E-state index in [-0.39, 0.29) is 22.8 Å². The van der Waals surface area contributed by atoms with Crippen molar-refractivity contribution < 1.29 is 9.13 Å². The van der Waals surface area contributed by atoms with Crippen molar-refractivity contribution in [3.8, 4) is 5.75 Å². The van der Waals surface area contributed by atoms with Crippen molar-refractivity contribution in [3.63, 3.8) is 0 Å². The Kier molecular flexibility index (Phi) is 4.13. The molecule has 2 N–H and O–H groups in total. The van der Waals surface area contributed by atoms with E-state index in [0.717, 1.165) is 17.7 Å². The van der Waals surface area contributed by atoms with Crippen molar-refractivity contribution in [3.05, 3.63) is 64.4 Å². The average Bonchev–Trinajstić information content (AvgIpc) is 2.51. The van der Waals surface area contributed by atoms with E-state index in [9.17, 15) is 4.39 Å². The molecule has 21 heavy (non-hydrogen) atoms. The number of halogens is 2. The highest BCUT2D eigenvalue weighted by atomic mass is 35.5. The lowest BCUT2D eigenvalue weighted by Gasteiger charge is -2.30. The molecular formula is C17H17ClFNO. The van der Waals surface area contributed by atoms with Gasteiger partial charge in [0, 0.05) is 12.0 Å². The molecular weight excluding hydrogens is 289 g/mol. The van der Waals surface area contributed by atoms with Gasteiger partial charge in [0.25, 0.3) is 0 Å². The number of hydrogen-bond acceptors (Lipinski definition) is 2. The number of rotatable bonds is 3. The fraction of sp³-hybridized carbons (Fsp3) is 0.294. The molecule has 0 fully saturated rings. The third-order valence-corrected chi connectivity index (χ3v) is 4.30. The van der Waals surface area contributed by atoms with Gasteiger partial charge in [-0.1, -0.05) is 41.9 Å². The molecule has 2 nitrogen and oxygen atoms in total. The lowest BCUT2D eigenvalue weighted by molar-refractivity contribution is 0.254. The highest BCUT2D eigenvalue weighted by molar-refractivity contribution is 6.30. The first-order valence-corrected chi connectivity index (χ1v) is 7.45. The molecule has 0 amide bonds. The SMILES string of the molecule is NC(Cc1cccc(Cl)c1F)C1CCOc2ccccc21. The Morgan fingerprint density at radius 1 is 1.24 bits per heavy atom. The van der Waals surface area contributed by atoms with E-state index < -0.39 is 0 Å². The summed E-state index contributed by atoms with van der Waals surface area (Å²) in [5.41, 5.74) is 8.03. The van der Waals surface area contributed by atoms with Crippen LogP contribution in [-0.2, 0) is 6.42 Å². The Morgan fingerprint density at radius 3 is 2.90 bits per heavy atom. The summed E-state index contributed by atoms with van der Waals surface area (Å²) < 4.78 is 19.7. The molecule has 0 aromatic heterocycles. The van der Waals surface area contributed by atoms with Gasteiger partial charge in [0.1, 0.15) is 11.6 Å². The Morgan fingerprint density at radius 2 is 2.05 bits per heavy atom. The fourth-order valence-corrected chi connectivity index (χ4v) is 3.11.